The Balaban J connectivity index is 2.00. The zero-order chi connectivity index (χ0) is 15.9. The Labute approximate surface area is 129 Å². The van der Waals surface area contributed by atoms with Gasteiger partial charge in [0.2, 0.25) is 0 Å². The molecule has 3 rings (SSSR count). The molecule has 2 atom stereocenters. The molecule has 1 fully saturated rings. The smallest absolute Gasteiger partial charge is 0.254 e. The monoisotopic (exact) mass is 318 g/mol. The number of carbonyl (C=O) groups excluding carboxylic acids is 1. The molecule has 0 spiro atoms. The number of rotatable bonds is 1. The fourth-order valence-corrected chi connectivity index (χ4v) is 4.46. The van der Waals surface area contributed by atoms with E-state index in [1.165, 1.54) is 0 Å². The summed E-state index contributed by atoms with van der Waals surface area (Å²) in [6, 6.07) is 8.84. The standard InChI is InChI=1S/C16H18N2O3S/c1-11-12(2)22(20,21)10-9-18(11)16(19)14-7-8-17-15-6-4-3-5-13(14)15/h3-8,11-12H,9-10H2,1-2H3/t11-,12-/m1/s1. The van der Waals surface area contributed by atoms with Crippen LogP contribution in [0.2, 0.25) is 0 Å². The van der Waals surface area contributed by atoms with Gasteiger partial charge in [-0.25, -0.2) is 8.42 Å². The van der Waals surface area contributed by atoms with Crippen LogP contribution in [0.3, 0.4) is 0 Å². The molecular weight excluding hydrogens is 300 g/mol. The summed E-state index contributed by atoms with van der Waals surface area (Å²) in [5, 5.41) is 0.251. The fraction of sp³-hybridized carbons (Fsp3) is 0.375. The van der Waals surface area contributed by atoms with E-state index in [1.54, 1.807) is 31.0 Å². The van der Waals surface area contributed by atoms with Crippen molar-refractivity contribution in [2.45, 2.75) is 25.1 Å². The molecule has 0 aliphatic carbocycles. The Morgan fingerprint density at radius 3 is 2.73 bits per heavy atom. The minimum Gasteiger partial charge on any atom is -0.334 e. The number of benzene rings is 1. The van der Waals surface area contributed by atoms with E-state index in [1.807, 2.05) is 24.3 Å². The Bertz CT molecular complexity index is 827. The third-order valence-corrected chi connectivity index (χ3v) is 6.77. The number of aromatic nitrogens is 1. The molecule has 1 aliphatic rings. The summed E-state index contributed by atoms with van der Waals surface area (Å²) in [4.78, 5) is 18.8. The molecule has 6 heteroatoms. The van der Waals surface area contributed by atoms with Gasteiger partial charge in [-0.15, -0.1) is 0 Å². The summed E-state index contributed by atoms with van der Waals surface area (Å²) < 4.78 is 23.9. The first-order valence-electron chi connectivity index (χ1n) is 7.28. The molecule has 0 radical (unpaired) electrons. The van der Waals surface area contributed by atoms with Crippen molar-refractivity contribution in [1.29, 1.82) is 0 Å². The van der Waals surface area contributed by atoms with Crippen molar-refractivity contribution in [2.75, 3.05) is 12.3 Å². The zero-order valence-corrected chi connectivity index (χ0v) is 13.4. The molecule has 2 aromatic rings. The second kappa shape index (κ2) is 5.35. The molecule has 0 N–H and O–H groups in total. The fourth-order valence-electron chi connectivity index (χ4n) is 2.89. The number of para-hydroxylation sites is 1. The van der Waals surface area contributed by atoms with E-state index in [9.17, 15) is 13.2 Å². The van der Waals surface area contributed by atoms with Crippen LogP contribution in [0.15, 0.2) is 36.5 Å². The Morgan fingerprint density at radius 2 is 1.95 bits per heavy atom. The van der Waals surface area contributed by atoms with Crippen LogP contribution in [0.5, 0.6) is 0 Å². The topological polar surface area (TPSA) is 67.3 Å². The quantitative estimate of drug-likeness (QED) is 0.805. The lowest BCUT2D eigenvalue weighted by Crippen LogP contribution is -2.54. The van der Waals surface area contributed by atoms with E-state index in [0.29, 0.717) is 5.56 Å². The van der Waals surface area contributed by atoms with Gasteiger partial charge in [-0.2, -0.15) is 0 Å². The van der Waals surface area contributed by atoms with Crippen LogP contribution < -0.4 is 0 Å². The molecule has 1 aromatic heterocycles. The lowest BCUT2D eigenvalue weighted by atomic mass is 10.1. The minimum absolute atomic E-state index is 0.0211. The van der Waals surface area contributed by atoms with Gasteiger partial charge in [0, 0.05) is 24.2 Å². The SMILES string of the molecule is C[C@@H]1[C@@H](C)S(=O)(=O)CCN1C(=O)c1ccnc2ccccc12. The van der Waals surface area contributed by atoms with Crippen molar-refractivity contribution in [3.8, 4) is 0 Å². The first-order valence-corrected chi connectivity index (χ1v) is 8.99. The number of amides is 1. The third kappa shape index (κ3) is 2.37. The average molecular weight is 318 g/mol. The Morgan fingerprint density at radius 1 is 1.23 bits per heavy atom. The molecule has 0 saturated carbocycles. The number of pyridine rings is 1. The molecule has 5 nitrogen and oxygen atoms in total. The van der Waals surface area contributed by atoms with Crippen molar-refractivity contribution in [1.82, 2.24) is 9.88 Å². The van der Waals surface area contributed by atoms with Crippen molar-refractivity contribution in [3.05, 3.63) is 42.1 Å². The number of fused-ring (bicyclic) bond motifs is 1. The van der Waals surface area contributed by atoms with Gasteiger partial charge < -0.3 is 4.90 Å². The highest BCUT2D eigenvalue weighted by atomic mass is 32.2. The molecule has 2 heterocycles. The summed E-state index contributed by atoms with van der Waals surface area (Å²) in [7, 11) is -3.11. The van der Waals surface area contributed by atoms with Gasteiger partial charge in [-0.1, -0.05) is 18.2 Å². The van der Waals surface area contributed by atoms with Crippen molar-refractivity contribution in [2.24, 2.45) is 0 Å². The molecule has 1 aromatic carbocycles. The summed E-state index contributed by atoms with van der Waals surface area (Å²) in [5.41, 5.74) is 1.34. The highest BCUT2D eigenvalue weighted by molar-refractivity contribution is 7.92. The summed E-state index contributed by atoms with van der Waals surface area (Å²) in [6.45, 7) is 3.70. The molecule has 1 amide bonds. The maximum Gasteiger partial charge on any atom is 0.254 e. The number of hydrogen-bond donors (Lipinski definition) is 0. The third-order valence-electron chi connectivity index (χ3n) is 4.49. The van der Waals surface area contributed by atoms with Gasteiger partial charge in [0.1, 0.15) is 0 Å². The van der Waals surface area contributed by atoms with Crippen LogP contribution >= 0.6 is 0 Å². The minimum atomic E-state index is -3.11. The molecule has 1 aliphatic heterocycles. The summed E-state index contributed by atoms with van der Waals surface area (Å²) >= 11 is 0. The first kappa shape index (κ1) is 15.0. The largest absolute Gasteiger partial charge is 0.334 e. The van der Waals surface area contributed by atoms with E-state index in [-0.39, 0.29) is 24.2 Å². The van der Waals surface area contributed by atoms with Crippen LogP contribution in [-0.4, -0.2) is 47.8 Å². The van der Waals surface area contributed by atoms with Crippen LogP contribution in [0, 0.1) is 0 Å². The van der Waals surface area contributed by atoms with E-state index in [2.05, 4.69) is 4.98 Å². The van der Waals surface area contributed by atoms with E-state index < -0.39 is 15.1 Å². The normalized spacial score (nSPS) is 24.4. The number of carbonyl (C=O) groups is 1. The van der Waals surface area contributed by atoms with Crippen LogP contribution in [0.25, 0.3) is 10.9 Å². The molecule has 22 heavy (non-hydrogen) atoms. The van der Waals surface area contributed by atoms with Crippen molar-refractivity contribution >= 4 is 26.6 Å². The average Bonchev–Trinajstić information content (AvgIpc) is 2.52. The van der Waals surface area contributed by atoms with Crippen molar-refractivity contribution in [3.63, 3.8) is 0 Å². The Hall–Kier alpha value is -1.95. The van der Waals surface area contributed by atoms with Crippen LogP contribution in [0.4, 0.5) is 0 Å². The van der Waals surface area contributed by atoms with Gasteiger partial charge in [0.05, 0.1) is 22.1 Å². The predicted octanol–water partition coefficient (Wildman–Crippen LogP) is 1.88. The lowest BCUT2D eigenvalue weighted by Gasteiger charge is -2.37. The van der Waals surface area contributed by atoms with Crippen molar-refractivity contribution < 1.29 is 13.2 Å². The second-order valence-electron chi connectivity index (χ2n) is 5.69. The molecule has 1 saturated heterocycles. The zero-order valence-electron chi connectivity index (χ0n) is 12.6. The van der Waals surface area contributed by atoms with Gasteiger partial charge in [-0.05, 0) is 26.0 Å². The predicted molar refractivity (Wildman–Crippen MR) is 85.5 cm³/mol. The molecule has 116 valence electrons. The summed E-state index contributed by atoms with van der Waals surface area (Å²) in [6.07, 6.45) is 1.62. The number of sulfone groups is 1. The maximum atomic E-state index is 12.9. The molecular formula is C16H18N2O3S. The second-order valence-corrected chi connectivity index (χ2v) is 8.16. The first-order chi connectivity index (χ1) is 10.4. The molecule has 0 bridgehead atoms. The number of hydrogen-bond acceptors (Lipinski definition) is 4. The van der Waals surface area contributed by atoms with E-state index >= 15 is 0 Å². The lowest BCUT2D eigenvalue weighted by molar-refractivity contribution is 0.0695. The van der Waals surface area contributed by atoms with E-state index in [0.717, 1.165) is 10.9 Å². The van der Waals surface area contributed by atoms with E-state index in [4.69, 9.17) is 0 Å². The van der Waals surface area contributed by atoms with Crippen LogP contribution in [0.1, 0.15) is 24.2 Å². The highest BCUT2D eigenvalue weighted by Gasteiger charge is 2.38. The van der Waals surface area contributed by atoms with Gasteiger partial charge in [-0.3, -0.25) is 9.78 Å². The Kier molecular flexibility index (Phi) is 3.64. The van der Waals surface area contributed by atoms with Gasteiger partial charge >= 0.3 is 0 Å². The number of nitrogens with zero attached hydrogens (tertiary/aromatic N) is 2. The maximum absolute atomic E-state index is 12.9. The summed E-state index contributed by atoms with van der Waals surface area (Å²) in [5.74, 6) is -0.111. The van der Waals surface area contributed by atoms with Gasteiger partial charge in [0.25, 0.3) is 5.91 Å². The van der Waals surface area contributed by atoms with Crippen LogP contribution in [-0.2, 0) is 9.84 Å². The van der Waals surface area contributed by atoms with Gasteiger partial charge in [0.15, 0.2) is 9.84 Å². The highest BCUT2D eigenvalue weighted by Crippen LogP contribution is 2.24. The molecule has 0 unspecified atom stereocenters.